The lowest BCUT2D eigenvalue weighted by Crippen LogP contribution is -2.44. The Hall–Kier alpha value is -1.08. The summed E-state index contributed by atoms with van der Waals surface area (Å²) in [6.07, 6.45) is -0.913. The number of carboxylic acid groups (broad SMARTS) is 1. The van der Waals surface area contributed by atoms with Crippen molar-refractivity contribution in [3.05, 3.63) is 35.9 Å². The number of rotatable bonds is 2. The predicted octanol–water partition coefficient (Wildman–Crippen LogP) is 1.64. The molecule has 16 heavy (non-hydrogen) atoms. The first-order valence-corrected chi connectivity index (χ1v) is 10.3. The number of nitrogens with one attached hydrogen (secondary N) is 1. The van der Waals surface area contributed by atoms with Crippen molar-refractivity contribution in [3.8, 4) is 0 Å². The Morgan fingerprint density at radius 1 is 1.31 bits per heavy atom. The smallest absolute Gasteiger partial charge is 0.396 e. The van der Waals surface area contributed by atoms with Gasteiger partial charge in [-0.25, -0.2) is 4.79 Å². The molecule has 0 aromatic heterocycles. The molecule has 0 spiro atoms. The topological polar surface area (TPSA) is 49.3 Å². The van der Waals surface area contributed by atoms with E-state index >= 15 is 0 Å². The van der Waals surface area contributed by atoms with Crippen molar-refractivity contribution in [1.29, 1.82) is 0 Å². The second-order valence-electron chi connectivity index (χ2n) is 4.52. The van der Waals surface area contributed by atoms with Crippen molar-refractivity contribution < 1.29 is 9.90 Å². The van der Waals surface area contributed by atoms with Gasteiger partial charge in [-0.15, -0.1) is 0 Å². The lowest BCUT2D eigenvalue weighted by atomic mass is 10.2. The van der Waals surface area contributed by atoms with Gasteiger partial charge in [0.2, 0.25) is 0 Å². The molecule has 1 amide bonds. The van der Waals surface area contributed by atoms with Crippen molar-refractivity contribution in [1.82, 2.24) is 4.98 Å². The fourth-order valence-corrected chi connectivity index (χ4v) is 2.15. The highest BCUT2D eigenvalue weighted by atomic mass is 28.3. The molecule has 1 aromatic rings. The Balaban J connectivity index is 0.000000281. The van der Waals surface area contributed by atoms with Crippen LogP contribution in [0.4, 0.5) is 4.79 Å². The summed E-state index contributed by atoms with van der Waals surface area (Å²) in [6.45, 7) is 5.80. The highest BCUT2D eigenvalue weighted by Gasteiger charge is 2.14. The molecule has 0 bridgehead atoms. The molecule has 3 nitrogen and oxygen atoms in total. The van der Waals surface area contributed by atoms with Crippen LogP contribution in [0.1, 0.15) is 5.56 Å². The molecular formula is C11H21NO2Si2. The van der Waals surface area contributed by atoms with Crippen LogP contribution in [0.5, 0.6) is 0 Å². The van der Waals surface area contributed by atoms with Crippen LogP contribution in [0.3, 0.4) is 0 Å². The zero-order valence-electron chi connectivity index (χ0n) is 10.4. The van der Waals surface area contributed by atoms with Gasteiger partial charge in [-0.1, -0.05) is 55.5 Å². The maximum absolute atomic E-state index is 9.94. The third kappa shape index (κ3) is 9.48. The summed E-state index contributed by atoms with van der Waals surface area (Å²) >= 11 is 0. The normalized spacial score (nSPS) is 10.2. The minimum Gasteiger partial charge on any atom is -0.466 e. The van der Waals surface area contributed by atoms with Crippen LogP contribution < -0.4 is 4.98 Å². The number of hydrogen-bond acceptors (Lipinski definition) is 1. The van der Waals surface area contributed by atoms with Crippen LogP contribution >= 0.6 is 0 Å². The van der Waals surface area contributed by atoms with Crippen LogP contribution in [-0.4, -0.2) is 29.7 Å². The Kier molecular flexibility index (Phi) is 6.75. The van der Waals surface area contributed by atoms with E-state index in [-0.39, 0.29) is 0 Å². The molecule has 0 aliphatic rings. The van der Waals surface area contributed by atoms with E-state index in [1.807, 2.05) is 19.6 Å². The summed E-state index contributed by atoms with van der Waals surface area (Å²) in [4.78, 5) is 12.4. The SMILES string of the molecule is C[Si](C)(C)NC(=O)O.[SiH3]Cc1ccccc1. The third-order valence-electron chi connectivity index (χ3n) is 1.73. The van der Waals surface area contributed by atoms with Gasteiger partial charge in [0.05, 0.1) is 0 Å². The van der Waals surface area contributed by atoms with Crippen molar-refractivity contribution in [2.45, 2.75) is 25.7 Å². The average Bonchev–Trinajstić information content (AvgIpc) is 2.16. The number of carbonyl (C=O) groups is 1. The van der Waals surface area contributed by atoms with E-state index in [0.717, 1.165) is 0 Å². The van der Waals surface area contributed by atoms with Crippen LogP contribution in [-0.2, 0) is 6.04 Å². The van der Waals surface area contributed by atoms with Crippen LogP contribution in [0.25, 0.3) is 0 Å². The molecule has 1 rings (SSSR count). The quantitative estimate of drug-likeness (QED) is 0.789. The Morgan fingerprint density at radius 3 is 2.00 bits per heavy atom. The first kappa shape index (κ1) is 14.9. The minimum atomic E-state index is -1.57. The first-order valence-electron chi connectivity index (χ1n) is 5.40. The Morgan fingerprint density at radius 2 is 1.81 bits per heavy atom. The average molecular weight is 255 g/mol. The van der Waals surface area contributed by atoms with Gasteiger partial charge in [0, 0.05) is 10.2 Å². The van der Waals surface area contributed by atoms with E-state index < -0.39 is 14.3 Å². The zero-order valence-corrected chi connectivity index (χ0v) is 13.4. The van der Waals surface area contributed by atoms with Gasteiger partial charge in [-0.05, 0) is 6.04 Å². The van der Waals surface area contributed by atoms with Gasteiger partial charge in [-0.2, -0.15) is 0 Å². The molecule has 2 N–H and O–H groups in total. The lowest BCUT2D eigenvalue weighted by Gasteiger charge is -2.13. The molecule has 5 heteroatoms. The highest BCUT2D eigenvalue weighted by molar-refractivity contribution is 6.75. The van der Waals surface area contributed by atoms with Crippen molar-refractivity contribution in [2.75, 3.05) is 0 Å². The summed E-state index contributed by atoms with van der Waals surface area (Å²) in [5.41, 5.74) is 1.47. The van der Waals surface area contributed by atoms with Gasteiger partial charge in [0.25, 0.3) is 0 Å². The molecule has 0 aliphatic heterocycles. The summed E-state index contributed by atoms with van der Waals surface area (Å²) in [6, 6.07) is 11.9. The maximum atomic E-state index is 9.94. The molecular weight excluding hydrogens is 234 g/mol. The number of amides is 1. The second kappa shape index (κ2) is 7.24. The van der Waals surface area contributed by atoms with E-state index in [1.165, 1.54) is 21.9 Å². The monoisotopic (exact) mass is 255 g/mol. The summed E-state index contributed by atoms with van der Waals surface area (Å²) in [5, 5.41) is 8.17. The van der Waals surface area contributed by atoms with Crippen molar-refractivity contribution >= 4 is 24.6 Å². The molecule has 0 fully saturated rings. The third-order valence-corrected chi connectivity index (χ3v) is 3.51. The molecule has 0 saturated carbocycles. The predicted molar refractivity (Wildman–Crippen MR) is 74.6 cm³/mol. The summed E-state index contributed by atoms with van der Waals surface area (Å²) < 4.78 is 0. The maximum Gasteiger partial charge on any atom is 0.396 e. The molecule has 0 atom stereocenters. The van der Waals surface area contributed by atoms with Gasteiger partial charge < -0.3 is 10.1 Å². The molecule has 0 radical (unpaired) electrons. The largest absolute Gasteiger partial charge is 0.466 e. The molecule has 0 heterocycles. The summed E-state index contributed by atoms with van der Waals surface area (Å²) in [7, 11) is -0.293. The van der Waals surface area contributed by atoms with Crippen LogP contribution in [0.2, 0.25) is 19.6 Å². The number of hydrogen-bond donors (Lipinski definition) is 2. The fourth-order valence-electron chi connectivity index (χ4n) is 1.03. The molecule has 90 valence electrons. The Bertz CT molecular complexity index is 310. The van der Waals surface area contributed by atoms with E-state index in [9.17, 15) is 4.79 Å². The first-order chi connectivity index (χ1) is 7.35. The Labute approximate surface area is 101 Å². The van der Waals surface area contributed by atoms with Crippen LogP contribution in [0, 0.1) is 0 Å². The molecule has 0 unspecified atom stereocenters. The molecule has 0 saturated heterocycles. The van der Waals surface area contributed by atoms with E-state index in [1.54, 1.807) is 0 Å². The fraction of sp³-hybridized carbons (Fsp3) is 0.364. The zero-order chi connectivity index (χ0) is 12.6. The standard InChI is InChI=1S/C7H10Si.C4H11NO2Si/c8-6-7-4-2-1-3-5-7;1-8(2,3)5-4(6)7/h1-5H,6H2,8H3;5H,1-3H3,(H,6,7). The highest BCUT2D eigenvalue weighted by Crippen LogP contribution is 1.95. The van der Waals surface area contributed by atoms with Gasteiger partial charge in [-0.3, -0.25) is 0 Å². The van der Waals surface area contributed by atoms with Crippen LogP contribution in [0.15, 0.2) is 30.3 Å². The minimum absolute atomic E-state index is 0.913. The van der Waals surface area contributed by atoms with Crippen molar-refractivity contribution in [3.63, 3.8) is 0 Å². The van der Waals surface area contributed by atoms with E-state index in [0.29, 0.717) is 0 Å². The van der Waals surface area contributed by atoms with Gasteiger partial charge in [0.15, 0.2) is 8.24 Å². The second-order valence-corrected chi connectivity index (χ2v) is 9.98. The molecule has 0 aliphatic carbocycles. The summed E-state index contributed by atoms with van der Waals surface area (Å²) in [5.74, 6) is 0. The van der Waals surface area contributed by atoms with E-state index in [2.05, 4.69) is 35.3 Å². The van der Waals surface area contributed by atoms with Gasteiger partial charge >= 0.3 is 6.09 Å². The van der Waals surface area contributed by atoms with Gasteiger partial charge in [0.1, 0.15) is 0 Å². The lowest BCUT2D eigenvalue weighted by molar-refractivity contribution is 0.200. The van der Waals surface area contributed by atoms with Crippen molar-refractivity contribution in [2.24, 2.45) is 0 Å². The number of benzene rings is 1. The van der Waals surface area contributed by atoms with E-state index in [4.69, 9.17) is 5.11 Å². The molecule has 1 aromatic carbocycles.